The number of anilines is 8. The number of pyridine rings is 4. The van der Waals surface area contributed by atoms with Gasteiger partial charge in [0.1, 0.15) is 23.3 Å². The minimum Gasteiger partial charge on any atom is -0.378 e. The number of Topliss-reactive ketones (excluding diaryl/α,β-unsaturated/α-hetero) is 1. The molecule has 0 unspecified atom stereocenters. The molecule has 21 nitrogen and oxygen atoms in total. The first-order valence-electron chi connectivity index (χ1n) is 43.3. The molecule has 0 atom stereocenters. The third-order valence-electron chi connectivity index (χ3n) is 23.0. The number of nitrogens with one attached hydrogen (secondary N) is 3. The molecular weight excluding hydrogens is 1750 g/mol. The number of hydrogen-bond donors (Lipinski definition) is 3. The zero-order chi connectivity index (χ0) is 94.9. The van der Waals surface area contributed by atoms with E-state index in [1.165, 1.54) is 42.5 Å². The number of rotatable bonds is 18. The zero-order valence-electron chi connectivity index (χ0n) is 73.6. The molecule has 0 aliphatic carbocycles. The number of amides is 3. The summed E-state index contributed by atoms with van der Waals surface area (Å²) in [6, 6.07) is 55.5. The lowest BCUT2D eigenvalue weighted by molar-refractivity contribution is -0.138. The second-order valence-electron chi connectivity index (χ2n) is 32.3. The Hall–Kier alpha value is -13.6. The lowest BCUT2D eigenvalue weighted by Crippen LogP contribution is -2.39. The Bertz CT molecular complexity index is 5930. The summed E-state index contributed by atoms with van der Waals surface area (Å²) in [6.45, 7) is 22.0. The molecular formula is C101H96F12N12O9. The number of alkyl halides is 12. The molecule has 9 heterocycles. The second-order valence-corrected chi connectivity index (χ2v) is 32.3. The van der Waals surface area contributed by atoms with Gasteiger partial charge in [-0.3, -0.25) is 24.2 Å². The van der Waals surface area contributed by atoms with Gasteiger partial charge < -0.3 is 64.1 Å². The lowest BCUT2D eigenvalue weighted by atomic mass is 9.95. The van der Waals surface area contributed by atoms with E-state index in [0.29, 0.717) is 94.3 Å². The molecule has 33 heteroatoms. The number of halogens is 12. The van der Waals surface area contributed by atoms with Crippen LogP contribution in [0.2, 0.25) is 0 Å². The van der Waals surface area contributed by atoms with Crippen LogP contribution in [0.4, 0.5) is 98.7 Å². The molecule has 17 rings (SSSR count). The van der Waals surface area contributed by atoms with Gasteiger partial charge in [-0.25, -0.2) is 15.0 Å². The van der Waals surface area contributed by atoms with Gasteiger partial charge in [-0.1, -0.05) is 66.7 Å². The molecule has 5 aliphatic rings. The highest BCUT2D eigenvalue weighted by atomic mass is 19.4. The molecule has 5 saturated heterocycles. The molecule has 4 aromatic heterocycles. The number of morpholine rings is 5. The van der Waals surface area contributed by atoms with E-state index in [2.05, 4.69) is 55.4 Å². The number of ether oxygens (including phenoxy) is 5. The smallest absolute Gasteiger partial charge is 0.378 e. The van der Waals surface area contributed by atoms with Gasteiger partial charge in [0.2, 0.25) is 0 Å². The fourth-order valence-electron chi connectivity index (χ4n) is 15.6. The molecule has 0 saturated carbocycles. The Morgan fingerprint density at radius 2 is 0.627 bits per heavy atom. The number of carbonyl (C=O) groups excluding carboxylic acids is 4. The van der Waals surface area contributed by atoms with Crippen molar-refractivity contribution in [3.8, 4) is 44.6 Å². The van der Waals surface area contributed by atoms with Crippen molar-refractivity contribution >= 4 is 69.5 Å². The van der Waals surface area contributed by atoms with Gasteiger partial charge in [-0.15, -0.1) is 0 Å². The van der Waals surface area contributed by atoms with Gasteiger partial charge in [0.05, 0.1) is 94.0 Å². The van der Waals surface area contributed by atoms with Crippen LogP contribution in [0.25, 0.3) is 44.6 Å². The fourth-order valence-corrected chi connectivity index (χ4v) is 15.6. The van der Waals surface area contributed by atoms with Crippen molar-refractivity contribution in [1.29, 1.82) is 0 Å². The number of aromatic nitrogens is 4. The van der Waals surface area contributed by atoms with Gasteiger partial charge in [-0.05, 0) is 241 Å². The van der Waals surface area contributed by atoms with Crippen LogP contribution in [0.1, 0.15) is 91.5 Å². The molecule has 0 radical (unpaired) electrons. The number of carbonyl (C=O) groups is 4. The van der Waals surface area contributed by atoms with Crippen LogP contribution in [0.5, 0.6) is 0 Å². The summed E-state index contributed by atoms with van der Waals surface area (Å²) in [4.78, 5) is 80.2. The van der Waals surface area contributed by atoms with Crippen LogP contribution in [0, 0.1) is 27.7 Å². The summed E-state index contributed by atoms with van der Waals surface area (Å²) >= 11 is 0. The average molecular weight is 1850 g/mol. The first-order valence-corrected chi connectivity index (χ1v) is 43.3. The lowest BCUT2D eigenvalue weighted by Gasteiger charge is -2.32. The largest absolute Gasteiger partial charge is 0.416 e. The summed E-state index contributed by atoms with van der Waals surface area (Å²) in [6.07, 6.45) is -12.8. The number of aryl methyl sites for hydroxylation is 4. The first-order chi connectivity index (χ1) is 64.2. The minimum absolute atomic E-state index is 0.0551. The molecule has 698 valence electrons. The van der Waals surface area contributed by atoms with E-state index >= 15 is 0 Å². The van der Waals surface area contributed by atoms with Crippen molar-refractivity contribution < 1.29 is 95.5 Å². The molecule has 5 aliphatic heterocycles. The number of ketones is 1. The summed E-state index contributed by atoms with van der Waals surface area (Å²) in [5.41, 5.74) is 10.9. The number of hydrogen-bond acceptors (Lipinski definition) is 18. The van der Waals surface area contributed by atoms with Gasteiger partial charge in [0.15, 0.2) is 5.78 Å². The monoisotopic (exact) mass is 1850 g/mol. The molecule has 0 spiro atoms. The van der Waals surface area contributed by atoms with Gasteiger partial charge >= 0.3 is 24.7 Å². The van der Waals surface area contributed by atoms with E-state index < -0.39 is 64.7 Å². The maximum atomic E-state index is 13.1. The van der Waals surface area contributed by atoms with Crippen LogP contribution in [0.3, 0.4) is 0 Å². The average Bonchev–Trinajstić information content (AvgIpc) is 0.787. The van der Waals surface area contributed by atoms with E-state index in [1.54, 1.807) is 55.0 Å². The minimum atomic E-state index is -4.52. The SMILES string of the molecule is Cc1ccc(C(=O)Cc2cccc(C(F)(F)F)c2)cc1-c1ccnc(N2CCOCC2)c1.Cc1ccc(NC(=O)c2cccc(C(F)(F)F)c2)cc1-c1cc(N2CCOCC2)ccn1.Cc1ccc(NC(=O)c2cccc(C(F)(F)F)c2)cc1-c1cc(N2CCOCC2)nc(N2CCOCC2)c1.Cc1ccc(NC(=O)c2cccc(C(F)(F)F)c2)cc1-c1ccnc(N2CCOCC2)c1. The van der Waals surface area contributed by atoms with Crippen LogP contribution >= 0.6 is 0 Å². The fraction of sp³-hybridized carbons (Fsp3) is 0.287. The van der Waals surface area contributed by atoms with E-state index in [4.69, 9.17) is 28.7 Å². The quantitative estimate of drug-likeness (QED) is 0.0537. The van der Waals surface area contributed by atoms with Crippen molar-refractivity contribution in [2.45, 2.75) is 58.8 Å². The predicted molar refractivity (Wildman–Crippen MR) is 490 cm³/mol. The zero-order valence-corrected chi connectivity index (χ0v) is 73.6. The van der Waals surface area contributed by atoms with E-state index in [-0.39, 0.29) is 28.9 Å². The summed E-state index contributed by atoms with van der Waals surface area (Å²) in [5.74, 6) is 1.36. The number of nitrogens with zero attached hydrogens (tertiary/aromatic N) is 9. The maximum Gasteiger partial charge on any atom is 0.416 e. The van der Waals surface area contributed by atoms with E-state index in [0.717, 1.165) is 210 Å². The third-order valence-corrected chi connectivity index (χ3v) is 23.0. The van der Waals surface area contributed by atoms with Gasteiger partial charge in [0.25, 0.3) is 17.7 Å². The third kappa shape index (κ3) is 25.6. The Morgan fingerprint density at radius 1 is 0.306 bits per heavy atom. The van der Waals surface area contributed by atoms with E-state index in [1.807, 2.05) is 119 Å². The Morgan fingerprint density at radius 3 is 1.02 bits per heavy atom. The highest BCUT2D eigenvalue weighted by Crippen LogP contribution is 2.39. The summed E-state index contributed by atoms with van der Waals surface area (Å²) < 4.78 is 183. The summed E-state index contributed by atoms with van der Waals surface area (Å²) in [5, 5.41) is 8.15. The van der Waals surface area contributed by atoms with Crippen molar-refractivity contribution in [1.82, 2.24) is 19.9 Å². The molecule has 3 N–H and O–H groups in total. The Balaban J connectivity index is 0.000000144. The van der Waals surface area contributed by atoms with Crippen LogP contribution in [0.15, 0.2) is 237 Å². The number of benzene rings is 8. The second kappa shape index (κ2) is 43.4. The van der Waals surface area contributed by atoms with Crippen LogP contribution in [-0.2, 0) is 54.8 Å². The van der Waals surface area contributed by atoms with Crippen molar-refractivity contribution in [3.05, 3.63) is 309 Å². The molecule has 12 aromatic rings. The summed E-state index contributed by atoms with van der Waals surface area (Å²) in [7, 11) is 0. The topological polar surface area (TPSA) is 218 Å². The molecule has 134 heavy (non-hydrogen) atoms. The molecule has 8 aromatic carbocycles. The highest BCUT2D eigenvalue weighted by Gasteiger charge is 2.35. The van der Waals surface area contributed by atoms with Crippen molar-refractivity contribution in [2.24, 2.45) is 0 Å². The molecule has 5 fully saturated rings. The first kappa shape index (κ1) is 96.5. The molecule has 0 bridgehead atoms. The van der Waals surface area contributed by atoms with Gasteiger partial charge in [-0.2, -0.15) is 52.7 Å². The predicted octanol–water partition coefficient (Wildman–Crippen LogP) is 20.7. The maximum absolute atomic E-state index is 13.1. The Labute approximate surface area is 766 Å². The highest BCUT2D eigenvalue weighted by molar-refractivity contribution is 6.06. The van der Waals surface area contributed by atoms with Crippen LogP contribution in [-0.4, -0.2) is 175 Å². The van der Waals surface area contributed by atoms with Crippen molar-refractivity contribution in [2.75, 3.05) is 172 Å². The van der Waals surface area contributed by atoms with Gasteiger partial charge in [0, 0.05) is 141 Å². The normalized spacial score (nSPS) is 14.9. The van der Waals surface area contributed by atoms with E-state index in [9.17, 15) is 71.9 Å². The standard InChI is InChI=1S/C28H29F3N4O3.C25H23F3N2O2.2C24H22F3N3O2/c1-19-5-6-23(32-27(36)20-3-2-4-22(15-20)28(29,30)31)18-24(19)21-16-25(34-7-11-37-12-8-34)33-26(17-21)35-9-13-38-14-10-35;1-17-5-6-20(23(31)14-18-3-2-4-21(13-18)25(26,27)28)15-22(17)19-7-8-29-24(16-19)30-9-11-32-12-10-30;1-16-5-6-20(29-23(31)18-3-2-4-19(13-18)24(25,26)27)15-21(16)17-7-8-28-22(14-17)30-9-11-32-12-10-30;1-16-5-6-19(29-23(31)17-3-2-4-18(13-17)24(25,26)27)14-21(16)22-15-20(7-8-28-22)30-9-11-32-12-10-30/h2-6,15-18H,7-14H2,1H3,(H,32,36);2-8,13,15-16H,9-12,14H2,1H3;2*2-8,13-15H,9-12H2,1H3,(H,29,31). The van der Waals surface area contributed by atoms with Crippen LogP contribution < -0.4 is 40.4 Å². The Kier molecular flexibility index (Phi) is 31.2. The van der Waals surface area contributed by atoms with Crippen molar-refractivity contribution in [3.63, 3.8) is 0 Å². The molecule has 3 amide bonds.